The first-order chi connectivity index (χ1) is 26.1. The van der Waals surface area contributed by atoms with Crippen molar-refractivity contribution in [3.63, 3.8) is 0 Å². The fraction of sp³-hybridized carbons (Fsp3) is 0.120. The molecule has 0 radical (unpaired) electrons. The lowest BCUT2D eigenvalue weighted by atomic mass is 9.81. The van der Waals surface area contributed by atoms with E-state index in [2.05, 4.69) is 136 Å². The molecule has 0 saturated carbocycles. The van der Waals surface area contributed by atoms with Crippen LogP contribution in [0.1, 0.15) is 30.0 Å². The first kappa shape index (κ1) is 38.7. The molecule has 4 heteroatoms. The zero-order chi connectivity index (χ0) is 36.8. The summed E-state index contributed by atoms with van der Waals surface area (Å²) in [5, 5.41) is 0. The molecule has 0 aliphatic carbocycles. The van der Waals surface area contributed by atoms with Crippen LogP contribution in [0.4, 0.5) is 0 Å². The van der Waals surface area contributed by atoms with Crippen LogP contribution in [0, 0.1) is 0 Å². The molecule has 4 nitrogen and oxygen atoms in total. The third kappa shape index (κ3) is 9.47. The molecule has 0 amide bonds. The highest BCUT2D eigenvalue weighted by molar-refractivity contribution is 5.72. The van der Waals surface area contributed by atoms with Gasteiger partial charge < -0.3 is 18.9 Å². The zero-order valence-corrected chi connectivity index (χ0v) is 30.0. The molecule has 6 aromatic carbocycles. The minimum atomic E-state index is -0.273. The molecule has 0 atom stereocenters. The van der Waals surface area contributed by atoms with Gasteiger partial charge in [0.25, 0.3) is 0 Å². The molecule has 0 fully saturated rings. The Balaban J connectivity index is 0.00000561. The van der Waals surface area contributed by atoms with Gasteiger partial charge in [-0.2, -0.15) is 0 Å². The average molecular weight is 713 g/mol. The summed E-state index contributed by atoms with van der Waals surface area (Å²) in [6.07, 6.45) is 7.02. The molecule has 0 bridgehead atoms. The summed E-state index contributed by atoms with van der Waals surface area (Å²) in [5.41, 5.74) is 9.59. The lowest BCUT2D eigenvalue weighted by Crippen LogP contribution is -2.10. The minimum absolute atomic E-state index is 0. The minimum Gasteiger partial charge on any atom is -0.490 e. The lowest BCUT2D eigenvalue weighted by molar-refractivity contribution is 0.353. The molecule has 0 heterocycles. The van der Waals surface area contributed by atoms with E-state index < -0.39 is 0 Å². The molecule has 6 aromatic rings. The molecular weight excluding hydrogens is 665 g/mol. The first-order valence-corrected chi connectivity index (χ1v) is 17.7. The Labute approximate surface area is 321 Å². The predicted octanol–water partition coefficient (Wildman–Crippen LogP) is 12.8. The Morgan fingerprint density at radius 2 is 0.741 bits per heavy atom. The van der Waals surface area contributed by atoms with Crippen molar-refractivity contribution in [3.8, 4) is 56.4 Å². The van der Waals surface area contributed by atoms with Gasteiger partial charge in [0.2, 0.25) is 0 Å². The first-order valence-electron chi connectivity index (χ1n) is 17.7. The van der Waals surface area contributed by atoms with Gasteiger partial charge in [0, 0.05) is 17.0 Å². The van der Waals surface area contributed by atoms with Gasteiger partial charge in [0.05, 0.1) is 0 Å². The molecule has 54 heavy (non-hydrogen) atoms. The second kappa shape index (κ2) is 19.4. The van der Waals surface area contributed by atoms with Gasteiger partial charge in [-0.15, -0.1) is 0 Å². The van der Waals surface area contributed by atoms with Gasteiger partial charge in [0.1, 0.15) is 49.4 Å². The highest BCUT2D eigenvalue weighted by Gasteiger charge is 2.26. The maximum absolute atomic E-state index is 6.41. The number of hydrogen-bond donors (Lipinski definition) is 0. The van der Waals surface area contributed by atoms with Crippen LogP contribution >= 0.6 is 0 Å². The maximum Gasteiger partial charge on any atom is 0.123 e. The number of ether oxygens (including phenoxy) is 4. The van der Waals surface area contributed by atoms with Crippen LogP contribution in [0.15, 0.2) is 190 Å². The van der Waals surface area contributed by atoms with Gasteiger partial charge in [0.15, 0.2) is 0 Å². The molecule has 0 N–H and O–H groups in total. The van der Waals surface area contributed by atoms with Crippen molar-refractivity contribution < 1.29 is 18.9 Å². The SMILES string of the molecule is C.C=CCOc1ccc(-c2ccc(OCC=C)c(C(c3ccc(-c4ccccc4)cc3)c3cc(-c4ccc(OCC=C)cc4)ccc3OCC=C)c2)cc1. The summed E-state index contributed by atoms with van der Waals surface area (Å²) in [7, 11) is 0. The highest BCUT2D eigenvalue weighted by atomic mass is 16.5. The quantitative estimate of drug-likeness (QED) is 0.0657. The molecular formula is C50H48O4. The molecule has 0 unspecified atom stereocenters. The molecule has 0 saturated heterocycles. The third-order valence-corrected chi connectivity index (χ3v) is 8.82. The van der Waals surface area contributed by atoms with E-state index in [-0.39, 0.29) is 13.3 Å². The van der Waals surface area contributed by atoms with Gasteiger partial charge in [-0.1, -0.05) is 149 Å². The smallest absolute Gasteiger partial charge is 0.123 e. The van der Waals surface area contributed by atoms with Crippen molar-refractivity contribution in [1.29, 1.82) is 0 Å². The fourth-order valence-corrected chi connectivity index (χ4v) is 6.29. The van der Waals surface area contributed by atoms with E-state index in [1.54, 1.807) is 24.3 Å². The monoisotopic (exact) mass is 712 g/mol. The van der Waals surface area contributed by atoms with Crippen LogP contribution in [0.2, 0.25) is 0 Å². The van der Waals surface area contributed by atoms with Crippen LogP contribution < -0.4 is 18.9 Å². The number of benzene rings is 6. The Kier molecular flexibility index (Phi) is 13.9. The number of hydrogen-bond acceptors (Lipinski definition) is 4. The van der Waals surface area contributed by atoms with Crippen molar-refractivity contribution in [3.05, 3.63) is 207 Å². The van der Waals surface area contributed by atoms with Crippen LogP contribution in [-0.2, 0) is 0 Å². The van der Waals surface area contributed by atoms with Crippen molar-refractivity contribution in [2.45, 2.75) is 13.3 Å². The van der Waals surface area contributed by atoms with E-state index in [9.17, 15) is 0 Å². The van der Waals surface area contributed by atoms with E-state index in [4.69, 9.17) is 18.9 Å². The van der Waals surface area contributed by atoms with E-state index in [0.717, 1.165) is 73.1 Å². The Morgan fingerprint density at radius 1 is 0.389 bits per heavy atom. The highest BCUT2D eigenvalue weighted by Crippen LogP contribution is 2.45. The second-order valence-electron chi connectivity index (χ2n) is 12.4. The zero-order valence-electron chi connectivity index (χ0n) is 30.0. The Morgan fingerprint density at radius 3 is 1.17 bits per heavy atom. The topological polar surface area (TPSA) is 36.9 Å². The second-order valence-corrected chi connectivity index (χ2v) is 12.4. The molecule has 6 rings (SSSR count). The van der Waals surface area contributed by atoms with E-state index in [1.807, 2.05) is 30.3 Å². The summed E-state index contributed by atoms with van der Waals surface area (Å²) >= 11 is 0. The van der Waals surface area contributed by atoms with Crippen LogP contribution in [0.5, 0.6) is 23.0 Å². The van der Waals surface area contributed by atoms with Crippen LogP contribution in [0.25, 0.3) is 33.4 Å². The third-order valence-electron chi connectivity index (χ3n) is 8.82. The summed E-state index contributed by atoms with van der Waals surface area (Å²) in [4.78, 5) is 0. The van der Waals surface area contributed by atoms with Crippen LogP contribution in [-0.4, -0.2) is 26.4 Å². The molecule has 272 valence electrons. The fourth-order valence-electron chi connectivity index (χ4n) is 6.29. The normalized spacial score (nSPS) is 10.5. The summed E-state index contributed by atoms with van der Waals surface area (Å²) < 4.78 is 24.4. The summed E-state index contributed by atoms with van der Waals surface area (Å²) in [6.45, 7) is 17.0. The van der Waals surface area contributed by atoms with Gasteiger partial charge in [-0.3, -0.25) is 0 Å². The molecule has 0 aliphatic heterocycles. The Bertz CT molecular complexity index is 2010. The van der Waals surface area contributed by atoms with E-state index in [0.29, 0.717) is 26.4 Å². The molecule has 0 aromatic heterocycles. The Hall–Kier alpha value is -6.52. The average Bonchev–Trinajstić information content (AvgIpc) is 3.22. The summed E-state index contributed by atoms with van der Waals surface area (Å²) in [6, 6.07) is 48.2. The number of rotatable bonds is 18. The van der Waals surface area contributed by atoms with Crippen molar-refractivity contribution in [1.82, 2.24) is 0 Å². The molecule has 0 spiro atoms. The van der Waals surface area contributed by atoms with Gasteiger partial charge in [-0.05, 0) is 87.5 Å². The maximum atomic E-state index is 6.41. The van der Waals surface area contributed by atoms with E-state index in [1.165, 1.54) is 0 Å². The van der Waals surface area contributed by atoms with Crippen LogP contribution in [0.3, 0.4) is 0 Å². The van der Waals surface area contributed by atoms with Gasteiger partial charge >= 0.3 is 0 Å². The largest absolute Gasteiger partial charge is 0.490 e. The summed E-state index contributed by atoms with van der Waals surface area (Å²) in [5.74, 6) is 2.83. The van der Waals surface area contributed by atoms with Crippen molar-refractivity contribution in [2.24, 2.45) is 0 Å². The van der Waals surface area contributed by atoms with E-state index >= 15 is 0 Å². The molecule has 0 aliphatic rings. The predicted molar refractivity (Wildman–Crippen MR) is 226 cm³/mol. The van der Waals surface area contributed by atoms with Gasteiger partial charge in [-0.25, -0.2) is 0 Å². The van der Waals surface area contributed by atoms with Crippen molar-refractivity contribution in [2.75, 3.05) is 26.4 Å². The lowest BCUT2D eigenvalue weighted by Gasteiger charge is -2.26. The van der Waals surface area contributed by atoms with Crippen molar-refractivity contribution >= 4 is 0 Å². The standard InChI is InChI=1S/C49H44O4.CH4/c1-5-30-50-43-24-18-38(19-25-43)41-22-28-47(52-32-7-3)45(34-41)49(40-16-14-37(15-17-40)36-12-10-9-11-13-36)46-35-42(23-29-48(46)53-33-8-4)39-20-26-44(27-21-39)51-31-6-2;/h5-29,34-35,49H,1-4,30-33H2;1H4.